The maximum atomic E-state index is 13.7. The van der Waals surface area contributed by atoms with Crippen molar-refractivity contribution in [1.82, 2.24) is 4.90 Å². The van der Waals surface area contributed by atoms with E-state index in [2.05, 4.69) is 0 Å². The zero-order chi connectivity index (χ0) is 17.2. The molecule has 130 valence electrons. The van der Waals surface area contributed by atoms with Crippen LogP contribution in [0.5, 0.6) is 0 Å². The maximum Gasteiger partial charge on any atom is 0.334 e. The molecule has 1 amide bonds. The van der Waals surface area contributed by atoms with Crippen molar-refractivity contribution in [2.24, 2.45) is 0 Å². The summed E-state index contributed by atoms with van der Waals surface area (Å²) in [6.45, 7) is 0.632. The van der Waals surface area contributed by atoms with Crippen molar-refractivity contribution < 1.29 is 23.8 Å². The van der Waals surface area contributed by atoms with E-state index in [1.54, 1.807) is 17.0 Å². The molecule has 1 heterocycles. The van der Waals surface area contributed by atoms with Gasteiger partial charge in [-0.25, -0.2) is 9.18 Å². The van der Waals surface area contributed by atoms with Crippen LogP contribution in [0.2, 0.25) is 0 Å². The molecule has 1 aliphatic carbocycles. The minimum absolute atomic E-state index is 0.0469. The lowest BCUT2D eigenvalue weighted by molar-refractivity contribution is -0.161. The Morgan fingerprint density at radius 1 is 1.25 bits per heavy atom. The van der Waals surface area contributed by atoms with Crippen molar-refractivity contribution in [1.29, 1.82) is 0 Å². The zero-order valence-corrected chi connectivity index (χ0v) is 13.5. The van der Waals surface area contributed by atoms with Crippen LogP contribution in [0.3, 0.4) is 0 Å². The van der Waals surface area contributed by atoms with Gasteiger partial charge in [-0.3, -0.25) is 4.79 Å². The van der Waals surface area contributed by atoms with Crippen LogP contribution in [0.15, 0.2) is 24.3 Å². The zero-order valence-electron chi connectivity index (χ0n) is 13.5. The Kier molecular flexibility index (Phi) is 4.85. The predicted molar refractivity (Wildman–Crippen MR) is 85.1 cm³/mol. The summed E-state index contributed by atoms with van der Waals surface area (Å²) in [7, 11) is 0. The standard InChI is InChI=1S/C18H22FNO4/c19-14-6-4-5-13(11-14)18(7-2-1-3-8-18)17(23)20-9-10-24-15(12-20)16(21)22/h4-6,11,15H,1-3,7-10,12H2,(H,21,22). The molecule has 1 aromatic rings. The largest absolute Gasteiger partial charge is 0.479 e. The van der Waals surface area contributed by atoms with Crippen molar-refractivity contribution in [3.8, 4) is 0 Å². The molecule has 1 N–H and O–H groups in total. The lowest BCUT2D eigenvalue weighted by Crippen LogP contribution is -2.55. The molecule has 0 spiro atoms. The molecular weight excluding hydrogens is 313 g/mol. The van der Waals surface area contributed by atoms with Crippen molar-refractivity contribution in [3.63, 3.8) is 0 Å². The highest BCUT2D eigenvalue weighted by atomic mass is 19.1. The molecule has 1 aromatic carbocycles. The monoisotopic (exact) mass is 335 g/mol. The average molecular weight is 335 g/mol. The second-order valence-electron chi connectivity index (χ2n) is 6.60. The summed E-state index contributed by atoms with van der Waals surface area (Å²) in [5.41, 5.74) is -0.0497. The molecule has 6 heteroatoms. The molecule has 1 aliphatic heterocycles. The molecule has 24 heavy (non-hydrogen) atoms. The predicted octanol–water partition coefficient (Wildman–Crippen LogP) is 2.34. The number of carbonyl (C=O) groups excluding carboxylic acids is 1. The fraction of sp³-hybridized carbons (Fsp3) is 0.556. The van der Waals surface area contributed by atoms with Crippen LogP contribution >= 0.6 is 0 Å². The number of amides is 1. The fourth-order valence-corrected chi connectivity index (χ4v) is 3.85. The van der Waals surface area contributed by atoms with E-state index in [1.165, 1.54) is 12.1 Å². The molecule has 0 aromatic heterocycles. The van der Waals surface area contributed by atoms with Gasteiger partial charge in [0.25, 0.3) is 0 Å². The number of halogens is 1. The summed E-state index contributed by atoms with van der Waals surface area (Å²) in [6, 6.07) is 6.26. The topological polar surface area (TPSA) is 66.8 Å². The molecule has 1 saturated heterocycles. The number of aliphatic carboxylic acids is 1. The number of morpholine rings is 1. The maximum absolute atomic E-state index is 13.7. The second kappa shape index (κ2) is 6.89. The number of hydrogen-bond donors (Lipinski definition) is 1. The van der Waals surface area contributed by atoms with Crippen LogP contribution in [-0.2, 0) is 19.7 Å². The number of hydrogen-bond acceptors (Lipinski definition) is 3. The van der Waals surface area contributed by atoms with Crippen LogP contribution in [0.1, 0.15) is 37.7 Å². The molecule has 1 atom stereocenters. The van der Waals surface area contributed by atoms with E-state index in [4.69, 9.17) is 9.84 Å². The number of carboxylic acid groups (broad SMARTS) is 1. The van der Waals surface area contributed by atoms with Crippen LogP contribution in [0.4, 0.5) is 4.39 Å². The molecule has 2 fully saturated rings. The van der Waals surface area contributed by atoms with Gasteiger partial charge in [0.2, 0.25) is 5.91 Å². The Labute approximate surface area is 140 Å². The van der Waals surface area contributed by atoms with Gasteiger partial charge in [0.1, 0.15) is 5.82 Å². The van der Waals surface area contributed by atoms with Crippen molar-refractivity contribution in [3.05, 3.63) is 35.6 Å². The molecule has 2 aliphatic rings. The van der Waals surface area contributed by atoms with Crippen molar-refractivity contribution in [2.45, 2.75) is 43.6 Å². The third kappa shape index (κ3) is 3.15. The van der Waals surface area contributed by atoms with Gasteiger partial charge < -0.3 is 14.7 Å². The summed E-state index contributed by atoms with van der Waals surface area (Å²) in [5, 5.41) is 9.15. The van der Waals surface area contributed by atoms with E-state index in [0.717, 1.165) is 19.3 Å². The fourth-order valence-electron chi connectivity index (χ4n) is 3.85. The first-order valence-corrected chi connectivity index (χ1v) is 8.43. The van der Waals surface area contributed by atoms with Gasteiger partial charge in [-0.2, -0.15) is 0 Å². The van der Waals surface area contributed by atoms with Gasteiger partial charge in [-0.05, 0) is 30.5 Å². The molecule has 3 rings (SSSR count). The molecular formula is C18H22FNO4. The van der Waals surface area contributed by atoms with Crippen LogP contribution < -0.4 is 0 Å². The van der Waals surface area contributed by atoms with Crippen LogP contribution in [-0.4, -0.2) is 47.7 Å². The van der Waals surface area contributed by atoms with Crippen molar-refractivity contribution >= 4 is 11.9 Å². The third-order valence-corrected chi connectivity index (χ3v) is 5.12. The lowest BCUT2D eigenvalue weighted by Gasteiger charge is -2.42. The summed E-state index contributed by atoms with van der Waals surface area (Å²) in [5.74, 6) is -1.51. The first kappa shape index (κ1) is 16.9. The van der Waals surface area contributed by atoms with E-state index in [9.17, 15) is 14.0 Å². The van der Waals surface area contributed by atoms with Gasteiger partial charge in [-0.15, -0.1) is 0 Å². The number of nitrogens with zero attached hydrogens (tertiary/aromatic N) is 1. The molecule has 1 saturated carbocycles. The number of carbonyl (C=O) groups is 2. The van der Waals surface area contributed by atoms with Gasteiger partial charge in [-0.1, -0.05) is 31.4 Å². The number of rotatable bonds is 3. The van der Waals surface area contributed by atoms with Gasteiger partial charge in [0.05, 0.1) is 18.6 Å². The molecule has 1 unspecified atom stereocenters. The molecule has 0 radical (unpaired) electrons. The van der Waals surface area contributed by atoms with Crippen LogP contribution in [0.25, 0.3) is 0 Å². The van der Waals surface area contributed by atoms with E-state index in [0.29, 0.717) is 24.9 Å². The Balaban J connectivity index is 1.91. The summed E-state index contributed by atoms with van der Waals surface area (Å²) < 4.78 is 19.0. The number of benzene rings is 1. The Morgan fingerprint density at radius 2 is 2.00 bits per heavy atom. The molecule has 0 bridgehead atoms. The highest BCUT2D eigenvalue weighted by molar-refractivity contribution is 5.89. The lowest BCUT2D eigenvalue weighted by atomic mass is 9.68. The Morgan fingerprint density at radius 3 is 2.67 bits per heavy atom. The summed E-state index contributed by atoms with van der Waals surface area (Å²) >= 11 is 0. The minimum Gasteiger partial charge on any atom is -0.479 e. The highest BCUT2D eigenvalue weighted by Gasteiger charge is 2.45. The smallest absolute Gasteiger partial charge is 0.334 e. The third-order valence-electron chi connectivity index (χ3n) is 5.12. The Hall–Kier alpha value is -1.95. The second-order valence-corrected chi connectivity index (χ2v) is 6.60. The van der Waals surface area contributed by atoms with Gasteiger partial charge >= 0.3 is 5.97 Å². The normalized spacial score (nSPS) is 23.7. The first-order valence-electron chi connectivity index (χ1n) is 8.43. The SMILES string of the molecule is O=C(O)C1CN(C(=O)C2(c3cccc(F)c3)CCCCC2)CCO1. The highest BCUT2D eigenvalue weighted by Crippen LogP contribution is 2.41. The van der Waals surface area contributed by atoms with E-state index < -0.39 is 17.5 Å². The van der Waals surface area contributed by atoms with Gasteiger partial charge in [0, 0.05) is 6.54 Å². The summed E-state index contributed by atoms with van der Waals surface area (Å²) in [4.78, 5) is 26.1. The van der Waals surface area contributed by atoms with E-state index in [1.807, 2.05) is 0 Å². The van der Waals surface area contributed by atoms with E-state index >= 15 is 0 Å². The minimum atomic E-state index is -1.06. The van der Waals surface area contributed by atoms with E-state index in [-0.39, 0.29) is 24.9 Å². The van der Waals surface area contributed by atoms with Gasteiger partial charge in [0.15, 0.2) is 6.10 Å². The molecule has 5 nitrogen and oxygen atoms in total. The Bertz CT molecular complexity index is 627. The quantitative estimate of drug-likeness (QED) is 0.921. The summed E-state index contributed by atoms with van der Waals surface area (Å²) in [6.07, 6.45) is 3.24. The van der Waals surface area contributed by atoms with Crippen molar-refractivity contribution in [2.75, 3.05) is 19.7 Å². The van der Waals surface area contributed by atoms with Crippen LogP contribution in [0, 0.1) is 5.82 Å². The average Bonchev–Trinajstić information content (AvgIpc) is 2.61. The first-order chi connectivity index (χ1) is 11.5. The number of ether oxygens (including phenoxy) is 1. The number of carboxylic acids is 1.